The van der Waals surface area contributed by atoms with Crippen LogP contribution in [-0.4, -0.2) is 32.8 Å². The van der Waals surface area contributed by atoms with E-state index in [-0.39, 0.29) is 5.69 Å². The minimum atomic E-state index is -0.140. The van der Waals surface area contributed by atoms with Crippen molar-refractivity contribution in [2.75, 3.05) is 13.1 Å². The summed E-state index contributed by atoms with van der Waals surface area (Å²) in [5.41, 5.74) is 2.84. The maximum atomic E-state index is 12.3. The number of nitrogens with zero attached hydrogens (tertiary/aromatic N) is 4. The molecule has 28 heavy (non-hydrogen) atoms. The molecular weight excluding hydrogens is 350 g/mol. The van der Waals surface area contributed by atoms with E-state index in [1.807, 2.05) is 54.6 Å². The Morgan fingerprint density at radius 3 is 2.36 bits per heavy atom. The van der Waals surface area contributed by atoms with E-state index >= 15 is 0 Å². The van der Waals surface area contributed by atoms with E-state index in [1.165, 1.54) is 10.2 Å². The molecule has 0 atom stereocenters. The Kier molecular flexibility index (Phi) is 5.36. The number of piperidine rings is 1. The molecule has 0 radical (unpaired) electrons. The number of aromatic nitrogens is 3. The summed E-state index contributed by atoms with van der Waals surface area (Å²) >= 11 is 0. The Morgan fingerprint density at radius 1 is 1.00 bits per heavy atom. The third kappa shape index (κ3) is 4.21. The van der Waals surface area contributed by atoms with Crippen molar-refractivity contribution in [3.63, 3.8) is 0 Å². The second-order valence-electron chi connectivity index (χ2n) is 7.32. The van der Waals surface area contributed by atoms with Gasteiger partial charge in [0.2, 0.25) is 0 Å². The molecule has 1 aliphatic heterocycles. The zero-order chi connectivity index (χ0) is 19.3. The first kappa shape index (κ1) is 18.2. The lowest BCUT2D eigenvalue weighted by Crippen LogP contribution is -2.32. The molecule has 0 bridgehead atoms. The first-order chi connectivity index (χ1) is 13.7. The topological polar surface area (TPSA) is 77.7 Å². The van der Waals surface area contributed by atoms with Crippen molar-refractivity contribution in [1.82, 2.24) is 19.7 Å². The second-order valence-corrected chi connectivity index (χ2v) is 7.32. The van der Waals surface area contributed by atoms with Crippen molar-refractivity contribution in [2.24, 2.45) is 0 Å². The lowest BCUT2D eigenvalue weighted by Gasteiger charge is -2.30. The predicted molar refractivity (Wildman–Crippen MR) is 107 cm³/mol. The molecule has 142 valence electrons. The first-order valence-corrected chi connectivity index (χ1v) is 9.63. The summed E-state index contributed by atoms with van der Waals surface area (Å²) in [6.45, 7) is 3.32. The van der Waals surface area contributed by atoms with Crippen molar-refractivity contribution >= 4 is 0 Å². The average molecular weight is 373 g/mol. The van der Waals surface area contributed by atoms with E-state index in [0.29, 0.717) is 18.0 Å². The van der Waals surface area contributed by atoms with Crippen LogP contribution in [0.2, 0.25) is 0 Å². The molecule has 6 nitrogen and oxygen atoms in total. The standard InChI is InChI=1S/C22H23N5O/c23-14-17-6-8-19(9-7-17)15-26-12-10-20(11-13-26)21-24-22(28)27(25-21)16-18-4-2-1-3-5-18/h1-9,20H,10-13,15-16H2,(H,24,25,28). The smallest absolute Gasteiger partial charge is 0.299 e. The van der Waals surface area contributed by atoms with Crippen LogP contribution in [0.3, 0.4) is 0 Å². The molecule has 1 aliphatic rings. The van der Waals surface area contributed by atoms with Crippen LogP contribution in [0.25, 0.3) is 0 Å². The van der Waals surface area contributed by atoms with Gasteiger partial charge in [-0.25, -0.2) is 9.48 Å². The second kappa shape index (κ2) is 8.24. The molecule has 0 saturated carbocycles. The fraction of sp³-hybridized carbons (Fsp3) is 0.318. The molecule has 2 heterocycles. The van der Waals surface area contributed by atoms with E-state index < -0.39 is 0 Å². The molecule has 3 aromatic rings. The highest BCUT2D eigenvalue weighted by atomic mass is 16.1. The van der Waals surface area contributed by atoms with Crippen LogP contribution in [0.1, 0.15) is 41.3 Å². The summed E-state index contributed by atoms with van der Waals surface area (Å²) in [6.07, 6.45) is 1.96. The number of H-pyrrole nitrogens is 1. The number of nitrogens with one attached hydrogen (secondary N) is 1. The largest absolute Gasteiger partial charge is 0.343 e. The van der Waals surface area contributed by atoms with E-state index in [1.54, 1.807) is 0 Å². The van der Waals surface area contributed by atoms with Gasteiger partial charge in [0.05, 0.1) is 18.2 Å². The molecule has 0 aliphatic carbocycles. The zero-order valence-electron chi connectivity index (χ0n) is 15.7. The Hall–Kier alpha value is -3.17. The molecule has 0 amide bonds. The highest BCUT2D eigenvalue weighted by molar-refractivity contribution is 5.31. The highest BCUT2D eigenvalue weighted by Gasteiger charge is 2.24. The van der Waals surface area contributed by atoms with Gasteiger partial charge in [-0.2, -0.15) is 10.4 Å². The number of likely N-dealkylation sites (tertiary alicyclic amines) is 1. The molecule has 1 saturated heterocycles. The van der Waals surface area contributed by atoms with Crippen LogP contribution in [0.5, 0.6) is 0 Å². The van der Waals surface area contributed by atoms with Crippen LogP contribution in [0, 0.1) is 11.3 Å². The van der Waals surface area contributed by atoms with E-state index in [0.717, 1.165) is 43.9 Å². The van der Waals surface area contributed by atoms with Crippen LogP contribution in [0.15, 0.2) is 59.4 Å². The maximum Gasteiger partial charge on any atom is 0.343 e. The molecule has 4 rings (SSSR count). The van der Waals surface area contributed by atoms with Crippen LogP contribution in [-0.2, 0) is 13.1 Å². The summed E-state index contributed by atoms with van der Waals surface area (Å²) in [4.78, 5) is 17.6. The van der Waals surface area contributed by atoms with E-state index in [4.69, 9.17) is 5.26 Å². The van der Waals surface area contributed by atoms with Gasteiger partial charge in [-0.3, -0.25) is 9.88 Å². The highest BCUT2D eigenvalue weighted by Crippen LogP contribution is 2.25. The number of aromatic amines is 1. The Balaban J connectivity index is 1.35. The fourth-order valence-electron chi connectivity index (χ4n) is 3.73. The summed E-state index contributed by atoms with van der Waals surface area (Å²) in [5, 5.41) is 13.5. The van der Waals surface area contributed by atoms with Gasteiger partial charge in [0.25, 0.3) is 0 Å². The molecule has 0 unspecified atom stereocenters. The quantitative estimate of drug-likeness (QED) is 0.746. The van der Waals surface area contributed by atoms with Crippen molar-refractivity contribution in [1.29, 1.82) is 5.26 Å². The number of benzene rings is 2. The van der Waals surface area contributed by atoms with Crippen molar-refractivity contribution in [3.8, 4) is 6.07 Å². The van der Waals surface area contributed by atoms with Gasteiger partial charge < -0.3 is 0 Å². The summed E-state index contributed by atoms with van der Waals surface area (Å²) in [7, 11) is 0. The lowest BCUT2D eigenvalue weighted by atomic mass is 9.96. The minimum absolute atomic E-state index is 0.140. The summed E-state index contributed by atoms with van der Waals surface area (Å²) < 4.78 is 1.52. The zero-order valence-corrected chi connectivity index (χ0v) is 15.7. The molecule has 2 aromatic carbocycles. The van der Waals surface area contributed by atoms with Gasteiger partial charge >= 0.3 is 5.69 Å². The molecule has 6 heteroatoms. The normalized spacial score (nSPS) is 15.4. The van der Waals surface area contributed by atoms with Crippen LogP contribution < -0.4 is 5.69 Å². The number of hydrogen-bond donors (Lipinski definition) is 1. The molecular formula is C22H23N5O. The predicted octanol–water partition coefficient (Wildman–Crippen LogP) is 2.87. The van der Waals surface area contributed by atoms with Gasteiger partial charge in [0, 0.05) is 12.5 Å². The summed E-state index contributed by atoms with van der Waals surface area (Å²) in [5.74, 6) is 1.10. The van der Waals surface area contributed by atoms with Crippen molar-refractivity contribution in [3.05, 3.63) is 87.6 Å². The first-order valence-electron chi connectivity index (χ1n) is 9.63. The van der Waals surface area contributed by atoms with Gasteiger partial charge in [-0.05, 0) is 49.2 Å². The number of hydrogen-bond acceptors (Lipinski definition) is 4. The van der Waals surface area contributed by atoms with Gasteiger partial charge in [-0.1, -0.05) is 42.5 Å². The molecule has 1 aromatic heterocycles. The van der Waals surface area contributed by atoms with Gasteiger partial charge in [0.15, 0.2) is 0 Å². The van der Waals surface area contributed by atoms with Crippen LogP contribution in [0.4, 0.5) is 0 Å². The molecule has 1 N–H and O–H groups in total. The summed E-state index contributed by atoms with van der Waals surface area (Å²) in [6, 6.07) is 19.8. The monoisotopic (exact) mass is 373 g/mol. The fourth-order valence-corrected chi connectivity index (χ4v) is 3.73. The van der Waals surface area contributed by atoms with E-state index in [9.17, 15) is 4.79 Å². The minimum Gasteiger partial charge on any atom is -0.299 e. The number of rotatable bonds is 5. The third-order valence-corrected chi connectivity index (χ3v) is 5.34. The van der Waals surface area contributed by atoms with Gasteiger partial charge in [-0.15, -0.1) is 0 Å². The maximum absolute atomic E-state index is 12.3. The Labute approximate surface area is 164 Å². The SMILES string of the molecule is N#Cc1ccc(CN2CCC(c3nn(Cc4ccccc4)c(=O)[nH]3)CC2)cc1. The van der Waals surface area contributed by atoms with Crippen molar-refractivity contribution < 1.29 is 0 Å². The average Bonchev–Trinajstić information content (AvgIpc) is 3.10. The lowest BCUT2D eigenvalue weighted by molar-refractivity contribution is 0.201. The van der Waals surface area contributed by atoms with Gasteiger partial charge in [0.1, 0.15) is 5.82 Å². The molecule has 0 spiro atoms. The Morgan fingerprint density at radius 2 is 1.68 bits per heavy atom. The van der Waals surface area contributed by atoms with Crippen molar-refractivity contribution in [2.45, 2.75) is 31.8 Å². The molecule has 1 fully saturated rings. The van der Waals surface area contributed by atoms with Crippen LogP contribution >= 0.6 is 0 Å². The third-order valence-electron chi connectivity index (χ3n) is 5.34. The Bertz CT molecular complexity index is 1010. The van der Waals surface area contributed by atoms with E-state index in [2.05, 4.69) is 21.1 Å². The number of nitriles is 1.